The van der Waals surface area contributed by atoms with E-state index in [0.717, 1.165) is 34.1 Å². The van der Waals surface area contributed by atoms with Crippen LogP contribution in [0.2, 0.25) is 0 Å². The Labute approximate surface area is 415 Å². The molecule has 0 aliphatic heterocycles. The van der Waals surface area contributed by atoms with Crippen LogP contribution >= 0.6 is 0 Å². The minimum atomic E-state index is -0.646. The van der Waals surface area contributed by atoms with Crippen LogP contribution in [0.15, 0.2) is 291 Å². The van der Waals surface area contributed by atoms with E-state index in [1.165, 1.54) is 77.2 Å². The van der Waals surface area contributed by atoms with Gasteiger partial charge in [0.05, 0.1) is 5.41 Å². The van der Waals surface area contributed by atoms with Crippen LogP contribution in [0, 0.1) is 0 Å². The Bertz CT molecular complexity index is 3700. The predicted molar refractivity (Wildman–Crippen MR) is 299 cm³/mol. The highest BCUT2D eigenvalue weighted by Crippen LogP contribution is 2.58. The Morgan fingerprint density at radius 3 is 0.972 bits per heavy atom. The van der Waals surface area contributed by atoms with Gasteiger partial charge >= 0.3 is 0 Å². The molecule has 12 aromatic carbocycles. The lowest BCUT2D eigenvalue weighted by molar-refractivity contribution is 0.769. The molecule has 2 heteroatoms. The highest BCUT2D eigenvalue weighted by Gasteiger charge is 2.46. The average molecular weight is 905 g/mol. The first-order valence-electron chi connectivity index (χ1n) is 24.5. The lowest BCUT2D eigenvalue weighted by Gasteiger charge is -2.35. The quantitative estimate of drug-likeness (QED) is 0.126. The minimum Gasteiger partial charge on any atom is -0.311 e. The summed E-state index contributed by atoms with van der Waals surface area (Å²) in [6, 6.07) is 107. The summed E-state index contributed by atoms with van der Waals surface area (Å²) in [4.78, 5) is 4.72. The summed E-state index contributed by atoms with van der Waals surface area (Å²) in [5.41, 5.74) is 18.3. The maximum Gasteiger partial charge on any atom is 0.0714 e. The fourth-order valence-corrected chi connectivity index (χ4v) is 11.5. The maximum absolute atomic E-state index is 2.52. The predicted octanol–water partition coefficient (Wildman–Crippen LogP) is 18.6. The molecule has 13 rings (SSSR count). The summed E-state index contributed by atoms with van der Waals surface area (Å²) < 4.78 is 0. The summed E-state index contributed by atoms with van der Waals surface area (Å²) in [5, 5.41) is 4.99. The van der Waals surface area contributed by atoms with Gasteiger partial charge in [0.2, 0.25) is 0 Å². The average Bonchev–Trinajstić information content (AvgIpc) is 3.74. The van der Waals surface area contributed by atoms with Crippen LogP contribution in [0.25, 0.3) is 54.9 Å². The second-order valence-corrected chi connectivity index (χ2v) is 18.4. The van der Waals surface area contributed by atoms with Crippen molar-refractivity contribution in [3.05, 3.63) is 313 Å². The molecule has 0 N–H and O–H groups in total. The third-order valence-electron chi connectivity index (χ3n) is 14.5. The number of nitrogens with zero attached hydrogens (tertiary/aromatic N) is 2. The smallest absolute Gasteiger partial charge is 0.0714 e. The third-order valence-corrected chi connectivity index (χ3v) is 14.5. The molecular formula is C69H48N2. The van der Waals surface area contributed by atoms with E-state index < -0.39 is 5.41 Å². The van der Waals surface area contributed by atoms with Gasteiger partial charge in [-0.25, -0.2) is 0 Å². The molecule has 0 spiro atoms. The van der Waals surface area contributed by atoms with Gasteiger partial charge in [0.1, 0.15) is 0 Å². The Morgan fingerprint density at radius 2 is 0.535 bits per heavy atom. The van der Waals surface area contributed by atoms with E-state index in [0.29, 0.717) is 0 Å². The van der Waals surface area contributed by atoms with Crippen molar-refractivity contribution in [3.8, 4) is 33.4 Å². The summed E-state index contributed by atoms with van der Waals surface area (Å²) in [7, 11) is 0. The van der Waals surface area contributed by atoms with Crippen molar-refractivity contribution in [2.75, 3.05) is 9.80 Å². The largest absolute Gasteiger partial charge is 0.311 e. The molecule has 0 atom stereocenters. The van der Waals surface area contributed by atoms with Gasteiger partial charge in [-0.2, -0.15) is 0 Å². The number of fused-ring (bicyclic) bond motifs is 5. The van der Waals surface area contributed by atoms with Crippen LogP contribution in [0.3, 0.4) is 0 Å². The van der Waals surface area contributed by atoms with Crippen LogP contribution in [-0.4, -0.2) is 0 Å². The van der Waals surface area contributed by atoms with E-state index >= 15 is 0 Å². The lowest BCUT2D eigenvalue weighted by Crippen LogP contribution is -2.28. The van der Waals surface area contributed by atoms with E-state index in [2.05, 4.69) is 301 Å². The third kappa shape index (κ3) is 7.03. The molecule has 0 saturated heterocycles. The van der Waals surface area contributed by atoms with Crippen LogP contribution in [-0.2, 0) is 5.41 Å². The second-order valence-electron chi connectivity index (χ2n) is 18.4. The van der Waals surface area contributed by atoms with Crippen LogP contribution in [0.4, 0.5) is 34.1 Å². The molecular weight excluding hydrogens is 857 g/mol. The van der Waals surface area contributed by atoms with E-state index in [1.54, 1.807) is 0 Å². The minimum absolute atomic E-state index is 0.646. The van der Waals surface area contributed by atoms with Gasteiger partial charge in [0, 0.05) is 34.1 Å². The van der Waals surface area contributed by atoms with Crippen molar-refractivity contribution >= 4 is 55.7 Å². The molecule has 0 aromatic heterocycles. The van der Waals surface area contributed by atoms with Crippen molar-refractivity contribution in [3.63, 3.8) is 0 Å². The van der Waals surface area contributed by atoms with Crippen molar-refractivity contribution in [2.24, 2.45) is 0 Å². The number of rotatable bonds is 10. The molecule has 71 heavy (non-hydrogen) atoms. The van der Waals surface area contributed by atoms with Gasteiger partial charge in [-0.1, -0.05) is 212 Å². The normalized spacial score (nSPS) is 12.3. The van der Waals surface area contributed by atoms with Crippen molar-refractivity contribution in [1.29, 1.82) is 0 Å². The number of para-hydroxylation sites is 3. The molecule has 12 aromatic rings. The van der Waals surface area contributed by atoms with E-state index in [4.69, 9.17) is 0 Å². The molecule has 1 aliphatic rings. The molecule has 0 saturated carbocycles. The molecule has 2 nitrogen and oxygen atoms in total. The fraction of sp³-hybridized carbons (Fsp3) is 0.0145. The van der Waals surface area contributed by atoms with E-state index in [9.17, 15) is 0 Å². The molecule has 1 aliphatic carbocycles. The van der Waals surface area contributed by atoms with Crippen molar-refractivity contribution in [2.45, 2.75) is 5.41 Å². The van der Waals surface area contributed by atoms with Crippen LogP contribution < -0.4 is 9.80 Å². The Kier molecular flexibility index (Phi) is 10.4. The highest BCUT2D eigenvalue weighted by atomic mass is 15.2. The van der Waals surface area contributed by atoms with Gasteiger partial charge in [-0.15, -0.1) is 0 Å². The number of hydrogen-bond acceptors (Lipinski definition) is 2. The first-order chi connectivity index (χ1) is 35.3. The molecule has 0 fully saturated rings. The molecule has 334 valence electrons. The second kappa shape index (κ2) is 17.7. The Morgan fingerprint density at radius 1 is 0.225 bits per heavy atom. The summed E-state index contributed by atoms with van der Waals surface area (Å²) in [5.74, 6) is 0. The highest BCUT2D eigenvalue weighted by molar-refractivity contribution is 6.21. The molecule has 0 radical (unpaired) electrons. The van der Waals surface area contributed by atoms with Gasteiger partial charge in [-0.3, -0.25) is 0 Å². The summed E-state index contributed by atoms with van der Waals surface area (Å²) in [6.45, 7) is 0. The Balaban J connectivity index is 1.02. The first-order valence-corrected chi connectivity index (χ1v) is 24.5. The fourth-order valence-electron chi connectivity index (χ4n) is 11.5. The number of anilines is 6. The zero-order valence-electron chi connectivity index (χ0n) is 39.1. The van der Waals surface area contributed by atoms with Crippen LogP contribution in [0.1, 0.15) is 22.3 Å². The van der Waals surface area contributed by atoms with Gasteiger partial charge in [-0.05, 0) is 156 Å². The van der Waals surface area contributed by atoms with Gasteiger partial charge < -0.3 is 9.80 Å². The number of hydrogen-bond donors (Lipinski definition) is 0. The van der Waals surface area contributed by atoms with Crippen LogP contribution in [0.5, 0.6) is 0 Å². The molecule has 0 unspecified atom stereocenters. The van der Waals surface area contributed by atoms with Crippen molar-refractivity contribution < 1.29 is 0 Å². The van der Waals surface area contributed by atoms with Gasteiger partial charge in [0.25, 0.3) is 0 Å². The van der Waals surface area contributed by atoms with E-state index in [-0.39, 0.29) is 0 Å². The monoisotopic (exact) mass is 904 g/mol. The molecule has 0 heterocycles. The SMILES string of the molecule is c1ccc(-c2c3ccccc3c(-c3ccc4c(c3)C(c3ccccc3)(c3ccccc3)c3cc(N(c5ccccc5)c5ccc(N(c6ccccc6)c6ccccc6)cc5)ccc3-4)c3ccccc23)cc1. The topological polar surface area (TPSA) is 6.48 Å². The first kappa shape index (κ1) is 41.9. The van der Waals surface area contributed by atoms with Gasteiger partial charge in [0.15, 0.2) is 0 Å². The van der Waals surface area contributed by atoms with E-state index in [1.807, 2.05) is 0 Å². The Hall–Kier alpha value is -9.24. The van der Waals surface area contributed by atoms with Crippen molar-refractivity contribution in [1.82, 2.24) is 0 Å². The molecule has 0 bridgehead atoms. The summed E-state index contributed by atoms with van der Waals surface area (Å²) in [6.07, 6.45) is 0. The lowest BCUT2D eigenvalue weighted by atomic mass is 9.67. The zero-order chi connectivity index (χ0) is 47.1. The number of benzene rings is 12. The summed E-state index contributed by atoms with van der Waals surface area (Å²) >= 11 is 0. The standard InChI is InChI=1S/C69H48N2/c1-7-23-49(24-8-1)67-61-35-19-21-37-63(61)68(64-38-22-20-36-62(64)67)50-39-45-59-60-46-44-58(48-66(60)69(65(59)47-50,51-25-9-2-10-26-51)52-27-11-3-12-28-52)71(55-33-17-6-18-34-55)57-42-40-56(41-43-57)70(53-29-13-4-14-30-53)54-31-15-5-16-32-54/h1-48H. The maximum atomic E-state index is 2.52. The molecule has 0 amide bonds. The zero-order valence-corrected chi connectivity index (χ0v) is 39.1.